The number of carbonyl (C=O) groups is 3. The molecule has 11 heteroatoms. The third-order valence-corrected chi connectivity index (χ3v) is 6.12. The van der Waals surface area contributed by atoms with E-state index in [9.17, 15) is 22.8 Å². The molecule has 0 aliphatic heterocycles. The number of amides is 2. The van der Waals surface area contributed by atoms with Crippen LogP contribution in [0.5, 0.6) is 0 Å². The molecule has 2 amide bonds. The van der Waals surface area contributed by atoms with Crippen molar-refractivity contribution in [2.24, 2.45) is 5.92 Å². The number of benzene rings is 2. The van der Waals surface area contributed by atoms with E-state index in [1.54, 1.807) is 38.1 Å². The van der Waals surface area contributed by atoms with Crippen molar-refractivity contribution in [3.8, 4) is 0 Å². The average Bonchev–Trinajstić information content (AvgIpc) is 2.72. The number of hydrogen-bond donors (Lipinski definition) is 3. The van der Waals surface area contributed by atoms with E-state index in [1.165, 1.54) is 38.1 Å². The first-order chi connectivity index (χ1) is 15.4. The Morgan fingerprint density at radius 2 is 1.52 bits per heavy atom. The van der Waals surface area contributed by atoms with E-state index >= 15 is 0 Å². The van der Waals surface area contributed by atoms with Crippen LogP contribution in [0.15, 0.2) is 53.4 Å². The molecule has 2 aromatic carbocycles. The highest BCUT2D eigenvalue weighted by atomic mass is 35.5. The molecule has 33 heavy (non-hydrogen) atoms. The summed E-state index contributed by atoms with van der Waals surface area (Å²) in [7, 11) is -4.06. The second-order valence-electron chi connectivity index (χ2n) is 7.63. The summed E-state index contributed by atoms with van der Waals surface area (Å²) in [4.78, 5) is 36.1. The standard InChI is InChI=1S/C22H26ClN3O6S/c1-13(2)20(26-33(30,31)19-7-5-6-16(23)12-19)22(29)32-14(3)21(28)25-18-10-8-17(9-11-18)24-15(4)27/h5-14,20,26H,1-4H3,(H,24,27)(H,25,28)/t14-,20+/m0/s1. The zero-order chi connectivity index (χ0) is 24.8. The van der Waals surface area contributed by atoms with Crippen molar-refractivity contribution in [2.75, 3.05) is 10.6 Å². The molecular weight excluding hydrogens is 470 g/mol. The number of anilines is 2. The predicted molar refractivity (Wildman–Crippen MR) is 125 cm³/mol. The largest absolute Gasteiger partial charge is 0.451 e. The topological polar surface area (TPSA) is 131 Å². The molecule has 0 aliphatic rings. The molecule has 0 bridgehead atoms. The second kappa shape index (κ2) is 11.3. The van der Waals surface area contributed by atoms with Crippen LogP contribution in [-0.4, -0.2) is 38.3 Å². The lowest BCUT2D eigenvalue weighted by molar-refractivity contribution is -0.155. The van der Waals surface area contributed by atoms with Crippen molar-refractivity contribution in [3.63, 3.8) is 0 Å². The molecule has 2 atom stereocenters. The number of ether oxygens (including phenoxy) is 1. The van der Waals surface area contributed by atoms with Crippen LogP contribution >= 0.6 is 11.6 Å². The Kier molecular flexibility index (Phi) is 8.98. The van der Waals surface area contributed by atoms with Gasteiger partial charge in [-0.2, -0.15) is 4.72 Å². The summed E-state index contributed by atoms with van der Waals surface area (Å²) >= 11 is 5.87. The smallest absolute Gasteiger partial charge is 0.325 e. The van der Waals surface area contributed by atoms with Crippen LogP contribution in [-0.2, 0) is 29.1 Å². The Morgan fingerprint density at radius 1 is 0.939 bits per heavy atom. The highest BCUT2D eigenvalue weighted by molar-refractivity contribution is 7.89. The van der Waals surface area contributed by atoms with Crippen LogP contribution in [0.1, 0.15) is 27.7 Å². The fraction of sp³-hybridized carbons (Fsp3) is 0.318. The fourth-order valence-electron chi connectivity index (χ4n) is 2.71. The first kappa shape index (κ1) is 26.3. The number of halogens is 1. The predicted octanol–water partition coefficient (Wildman–Crippen LogP) is 3.17. The van der Waals surface area contributed by atoms with Crippen molar-refractivity contribution in [1.29, 1.82) is 0 Å². The summed E-state index contributed by atoms with van der Waals surface area (Å²) < 4.78 is 32.9. The SMILES string of the molecule is CC(=O)Nc1ccc(NC(=O)[C@H](C)OC(=O)[C@H](NS(=O)(=O)c2cccc(Cl)c2)C(C)C)cc1. The summed E-state index contributed by atoms with van der Waals surface area (Å²) in [5.41, 5.74) is 0.991. The van der Waals surface area contributed by atoms with Gasteiger partial charge in [0.25, 0.3) is 5.91 Å². The molecule has 2 rings (SSSR count). The first-order valence-corrected chi connectivity index (χ1v) is 11.9. The minimum atomic E-state index is -4.06. The molecule has 0 saturated heterocycles. The molecule has 178 valence electrons. The first-order valence-electron chi connectivity index (χ1n) is 10.1. The highest BCUT2D eigenvalue weighted by Crippen LogP contribution is 2.18. The van der Waals surface area contributed by atoms with Gasteiger partial charge in [0.05, 0.1) is 4.90 Å². The quantitative estimate of drug-likeness (QED) is 0.458. The maximum atomic E-state index is 12.7. The number of sulfonamides is 1. The normalized spacial score (nSPS) is 13.2. The van der Waals surface area contributed by atoms with Gasteiger partial charge in [0.1, 0.15) is 6.04 Å². The molecule has 0 spiro atoms. The van der Waals surface area contributed by atoms with E-state index in [4.69, 9.17) is 16.3 Å². The molecule has 0 unspecified atom stereocenters. The Balaban J connectivity index is 2.03. The van der Waals surface area contributed by atoms with E-state index in [0.29, 0.717) is 11.4 Å². The van der Waals surface area contributed by atoms with Gasteiger partial charge in [0.2, 0.25) is 15.9 Å². The van der Waals surface area contributed by atoms with Gasteiger partial charge in [0, 0.05) is 23.3 Å². The van der Waals surface area contributed by atoms with E-state index in [2.05, 4.69) is 15.4 Å². The minimum Gasteiger partial charge on any atom is -0.451 e. The van der Waals surface area contributed by atoms with E-state index in [0.717, 1.165) is 0 Å². The molecule has 3 N–H and O–H groups in total. The fourth-order valence-corrected chi connectivity index (χ4v) is 4.34. The molecule has 0 radical (unpaired) electrons. The van der Waals surface area contributed by atoms with Crippen LogP contribution < -0.4 is 15.4 Å². The van der Waals surface area contributed by atoms with Crippen LogP contribution in [0.4, 0.5) is 11.4 Å². The maximum absolute atomic E-state index is 12.7. The Bertz CT molecular complexity index is 1120. The lowest BCUT2D eigenvalue weighted by Crippen LogP contribution is -2.47. The molecule has 0 aromatic heterocycles. The number of esters is 1. The van der Waals surface area contributed by atoms with Gasteiger partial charge in [-0.1, -0.05) is 31.5 Å². The number of rotatable bonds is 9. The van der Waals surface area contributed by atoms with Crippen molar-refractivity contribution < 1.29 is 27.5 Å². The average molecular weight is 496 g/mol. The molecule has 9 nitrogen and oxygen atoms in total. The van der Waals surface area contributed by atoms with Crippen molar-refractivity contribution >= 4 is 50.8 Å². The van der Waals surface area contributed by atoms with E-state index in [-0.39, 0.29) is 15.8 Å². The lowest BCUT2D eigenvalue weighted by Gasteiger charge is -2.23. The van der Waals surface area contributed by atoms with Crippen molar-refractivity contribution in [3.05, 3.63) is 53.6 Å². The minimum absolute atomic E-state index is 0.0954. The maximum Gasteiger partial charge on any atom is 0.325 e. The van der Waals surface area contributed by atoms with Gasteiger partial charge in [-0.15, -0.1) is 0 Å². The molecule has 0 fully saturated rings. The number of nitrogens with one attached hydrogen (secondary N) is 3. The van der Waals surface area contributed by atoms with Crippen LogP contribution in [0.2, 0.25) is 5.02 Å². The van der Waals surface area contributed by atoms with Crippen LogP contribution in [0.3, 0.4) is 0 Å². The van der Waals surface area contributed by atoms with Crippen molar-refractivity contribution in [1.82, 2.24) is 4.72 Å². The third kappa shape index (κ3) is 7.85. The van der Waals surface area contributed by atoms with Gasteiger partial charge >= 0.3 is 5.97 Å². The van der Waals surface area contributed by atoms with Gasteiger partial charge in [-0.3, -0.25) is 14.4 Å². The Labute approximate surface area is 197 Å². The van der Waals surface area contributed by atoms with Gasteiger partial charge in [-0.05, 0) is 55.3 Å². The summed E-state index contributed by atoms with van der Waals surface area (Å²) in [5.74, 6) is -2.17. The molecule has 0 saturated carbocycles. The van der Waals surface area contributed by atoms with Gasteiger partial charge in [-0.25, -0.2) is 8.42 Å². The number of hydrogen-bond acceptors (Lipinski definition) is 6. The number of carbonyl (C=O) groups excluding carboxylic acids is 3. The summed E-state index contributed by atoms with van der Waals surface area (Å²) in [6.45, 7) is 6.05. The Hall–Kier alpha value is -2.95. The molecule has 0 aliphatic carbocycles. The second-order valence-corrected chi connectivity index (χ2v) is 9.78. The highest BCUT2D eigenvalue weighted by Gasteiger charge is 2.32. The monoisotopic (exact) mass is 495 g/mol. The summed E-state index contributed by atoms with van der Waals surface area (Å²) in [5, 5.41) is 5.43. The lowest BCUT2D eigenvalue weighted by atomic mass is 10.1. The third-order valence-electron chi connectivity index (χ3n) is 4.44. The Morgan fingerprint density at radius 3 is 2.03 bits per heavy atom. The van der Waals surface area contributed by atoms with Gasteiger partial charge in [0.15, 0.2) is 6.10 Å². The molecule has 0 heterocycles. The van der Waals surface area contributed by atoms with Crippen LogP contribution in [0, 0.1) is 5.92 Å². The zero-order valence-electron chi connectivity index (χ0n) is 18.6. The van der Waals surface area contributed by atoms with Gasteiger partial charge < -0.3 is 15.4 Å². The summed E-state index contributed by atoms with van der Waals surface area (Å²) in [6.07, 6.45) is -1.19. The summed E-state index contributed by atoms with van der Waals surface area (Å²) in [6, 6.07) is 10.8. The molecular formula is C22H26ClN3O6S. The van der Waals surface area contributed by atoms with Crippen molar-refractivity contribution in [2.45, 2.75) is 44.7 Å². The van der Waals surface area contributed by atoms with E-state index < -0.39 is 40.0 Å². The molecule has 2 aromatic rings. The van der Waals surface area contributed by atoms with E-state index in [1.807, 2.05) is 0 Å². The zero-order valence-corrected chi connectivity index (χ0v) is 20.2. The van der Waals surface area contributed by atoms with Crippen LogP contribution in [0.25, 0.3) is 0 Å².